The van der Waals surface area contributed by atoms with Gasteiger partial charge in [-0.15, -0.1) is 0 Å². The maximum atomic E-state index is 10.3. The third-order valence-electron chi connectivity index (χ3n) is 4.91. The smallest absolute Gasteiger partial charge is 0.119 e. The number of hydrogen-bond donors (Lipinski definition) is 1. The Morgan fingerprint density at radius 2 is 1.57 bits per heavy atom. The van der Waals surface area contributed by atoms with Crippen molar-refractivity contribution in [1.29, 1.82) is 0 Å². The highest BCUT2D eigenvalue weighted by atomic mass is 16.5. The minimum absolute atomic E-state index is 0.298. The molecule has 0 amide bonds. The number of rotatable bonds is 9. The van der Waals surface area contributed by atoms with Crippen LogP contribution in [-0.4, -0.2) is 74.0 Å². The molecule has 0 radical (unpaired) electrons. The molecule has 28 heavy (non-hydrogen) atoms. The fourth-order valence-corrected chi connectivity index (χ4v) is 3.27. The average Bonchev–Trinajstić information content (AvgIpc) is 2.75. The van der Waals surface area contributed by atoms with Gasteiger partial charge in [0.2, 0.25) is 0 Å². The zero-order valence-corrected chi connectivity index (χ0v) is 16.5. The summed E-state index contributed by atoms with van der Waals surface area (Å²) >= 11 is 0. The summed E-state index contributed by atoms with van der Waals surface area (Å²) in [5.74, 6) is 1.54. The molecule has 1 unspecified atom stereocenters. The van der Waals surface area contributed by atoms with E-state index in [1.54, 1.807) is 7.11 Å². The van der Waals surface area contributed by atoms with Gasteiger partial charge in [-0.05, 0) is 29.8 Å². The molecule has 0 aromatic heterocycles. The fraction of sp³-hybridized carbons (Fsp3) is 0.391. The van der Waals surface area contributed by atoms with Gasteiger partial charge in [-0.1, -0.05) is 42.5 Å². The quantitative estimate of drug-likeness (QED) is 0.723. The summed E-state index contributed by atoms with van der Waals surface area (Å²) in [6.07, 6.45) is 3.90. The summed E-state index contributed by atoms with van der Waals surface area (Å²) in [6.45, 7) is 5.88. The number of aliphatic hydroxyl groups excluding tert-OH is 1. The molecule has 5 nitrogen and oxygen atoms in total. The van der Waals surface area contributed by atoms with Crippen LogP contribution in [0, 0.1) is 0 Å². The van der Waals surface area contributed by atoms with E-state index in [0.717, 1.165) is 44.2 Å². The Hall–Kier alpha value is -2.34. The molecule has 0 bridgehead atoms. The summed E-state index contributed by atoms with van der Waals surface area (Å²) in [5.41, 5.74) is 1.24. The molecule has 3 rings (SSSR count). The Bertz CT molecular complexity index is 710. The van der Waals surface area contributed by atoms with E-state index in [1.807, 2.05) is 30.3 Å². The first-order valence-corrected chi connectivity index (χ1v) is 9.84. The number of benzene rings is 2. The first-order valence-electron chi connectivity index (χ1n) is 9.84. The lowest BCUT2D eigenvalue weighted by Crippen LogP contribution is -2.49. The van der Waals surface area contributed by atoms with Crippen molar-refractivity contribution >= 4 is 6.08 Å². The molecule has 1 atom stereocenters. The summed E-state index contributed by atoms with van der Waals surface area (Å²) in [5, 5.41) is 10.3. The number of aliphatic hydroxyl groups is 1. The maximum absolute atomic E-state index is 10.3. The minimum atomic E-state index is -0.494. The maximum Gasteiger partial charge on any atom is 0.119 e. The van der Waals surface area contributed by atoms with Crippen molar-refractivity contribution in [2.45, 2.75) is 6.10 Å². The van der Waals surface area contributed by atoms with Gasteiger partial charge in [0.05, 0.1) is 7.11 Å². The van der Waals surface area contributed by atoms with Crippen LogP contribution in [0.25, 0.3) is 6.08 Å². The van der Waals surface area contributed by atoms with Crippen molar-refractivity contribution in [2.24, 2.45) is 0 Å². The molecule has 2 aromatic rings. The van der Waals surface area contributed by atoms with Crippen molar-refractivity contribution in [2.75, 3.05) is 53.0 Å². The monoisotopic (exact) mass is 382 g/mol. The first-order chi connectivity index (χ1) is 13.7. The van der Waals surface area contributed by atoms with Crippen molar-refractivity contribution in [1.82, 2.24) is 9.80 Å². The summed E-state index contributed by atoms with van der Waals surface area (Å²) in [7, 11) is 1.64. The second-order valence-corrected chi connectivity index (χ2v) is 7.05. The summed E-state index contributed by atoms with van der Waals surface area (Å²) in [4.78, 5) is 4.75. The molecular weight excluding hydrogens is 352 g/mol. The van der Waals surface area contributed by atoms with E-state index >= 15 is 0 Å². The summed E-state index contributed by atoms with van der Waals surface area (Å²) in [6, 6.07) is 17.8. The predicted molar refractivity (Wildman–Crippen MR) is 113 cm³/mol. The van der Waals surface area contributed by atoms with Crippen LogP contribution in [-0.2, 0) is 0 Å². The zero-order valence-electron chi connectivity index (χ0n) is 16.5. The van der Waals surface area contributed by atoms with Crippen LogP contribution in [0.2, 0.25) is 0 Å². The Balaban J connectivity index is 1.32. The molecule has 1 fully saturated rings. The Labute approximate surface area is 167 Å². The van der Waals surface area contributed by atoms with Crippen LogP contribution in [0.3, 0.4) is 0 Å². The third-order valence-corrected chi connectivity index (χ3v) is 4.91. The highest BCUT2D eigenvalue weighted by Crippen LogP contribution is 2.17. The van der Waals surface area contributed by atoms with E-state index in [4.69, 9.17) is 9.47 Å². The highest BCUT2D eigenvalue weighted by Gasteiger charge is 2.18. The second kappa shape index (κ2) is 10.9. The largest absolute Gasteiger partial charge is 0.497 e. The van der Waals surface area contributed by atoms with Gasteiger partial charge >= 0.3 is 0 Å². The Morgan fingerprint density at radius 1 is 0.929 bits per heavy atom. The van der Waals surface area contributed by atoms with Crippen molar-refractivity contribution < 1.29 is 14.6 Å². The van der Waals surface area contributed by atoms with Gasteiger partial charge in [-0.3, -0.25) is 9.80 Å². The average molecular weight is 383 g/mol. The van der Waals surface area contributed by atoms with Gasteiger partial charge in [-0.25, -0.2) is 0 Å². The fourth-order valence-electron chi connectivity index (χ4n) is 3.27. The minimum Gasteiger partial charge on any atom is -0.497 e. The van der Waals surface area contributed by atoms with Crippen LogP contribution in [0.1, 0.15) is 5.56 Å². The second-order valence-electron chi connectivity index (χ2n) is 7.05. The van der Waals surface area contributed by atoms with E-state index in [9.17, 15) is 5.11 Å². The van der Waals surface area contributed by atoms with Crippen molar-refractivity contribution in [3.8, 4) is 11.5 Å². The molecule has 1 aliphatic heterocycles. The third kappa shape index (κ3) is 6.68. The van der Waals surface area contributed by atoms with Gasteiger partial charge in [0.25, 0.3) is 0 Å². The van der Waals surface area contributed by atoms with Crippen LogP contribution in [0.5, 0.6) is 11.5 Å². The molecule has 1 N–H and O–H groups in total. The molecule has 0 spiro atoms. The molecule has 1 heterocycles. The Morgan fingerprint density at radius 3 is 2.25 bits per heavy atom. The van der Waals surface area contributed by atoms with Gasteiger partial charge in [0.1, 0.15) is 24.2 Å². The lowest BCUT2D eigenvalue weighted by Gasteiger charge is -2.35. The molecule has 2 aromatic carbocycles. The van der Waals surface area contributed by atoms with E-state index in [0.29, 0.717) is 13.2 Å². The standard InChI is InChI=1S/C23H30N2O3/c1-27-22-9-11-23(12-10-22)28-19-21(26)18-25-16-14-24(15-17-25)13-5-8-20-6-3-2-4-7-20/h2-12,21,26H,13-19H2,1H3/b8-5+. The number of nitrogens with zero attached hydrogens (tertiary/aromatic N) is 2. The highest BCUT2D eigenvalue weighted by molar-refractivity contribution is 5.48. The van der Waals surface area contributed by atoms with Gasteiger partial charge in [0.15, 0.2) is 0 Å². The van der Waals surface area contributed by atoms with Crippen molar-refractivity contribution in [3.63, 3.8) is 0 Å². The molecule has 150 valence electrons. The predicted octanol–water partition coefficient (Wildman–Crippen LogP) is 2.77. The number of methoxy groups -OCH3 is 1. The van der Waals surface area contributed by atoms with E-state index in [-0.39, 0.29) is 0 Å². The van der Waals surface area contributed by atoms with E-state index < -0.39 is 6.10 Å². The van der Waals surface area contributed by atoms with Gasteiger partial charge < -0.3 is 14.6 Å². The van der Waals surface area contributed by atoms with Gasteiger partial charge in [0, 0.05) is 39.3 Å². The zero-order chi connectivity index (χ0) is 19.6. The van der Waals surface area contributed by atoms with E-state index in [2.05, 4.69) is 46.2 Å². The van der Waals surface area contributed by atoms with Crippen LogP contribution in [0.15, 0.2) is 60.7 Å². The SMILES string of the molecule is COc1ccc(OCC(O)CN2CCN(C/C=C/c3ccccc3)CC2)cc1. The first kappa shape index (κ1) is 20.4. The summed E-state index contributed by atoms with van der Waals surface area (Å²) < 4.78 is 10.8. The molecule has 1 saturated heterocycles. The molecular formula is C23H30N2O3. The van der Waals surface area contributed by atoms with Crippen molar-refractivity contribution in [3.05, 3.63) is 66.2 Å². The van der Waals surface area contributed by atoms with Crippen LogP contribution in [0.4, 0.5) is 0 Å². The normalized spacial score (nSPS) is 16.9. The van der Waals surface area contributed by atoms with E-state index in [1.165, 1.54) is 5.56 Å². The van der Waals surface area contributed by atoms with Crippen LogP contribution >= 0.6 is 0 Å². The lowest BCUT2D eigenvalue weighted by molar-refractivity contribution is 0.0482. The number of ether oxygens (including phenoxy) is 2. The Kier molecular flexibility index (Phi) is 7.91. The molecule has 1 aliphatic rings. The van der Waals surface area contributed by atoms with Gasteiger partial charge in [-0.2, -0.15) is 0 Å². The number of piperazine rings is 1. The molecule has 0 aliphatic carbocycles. The topological polar surface area (TPSA) is 45.2 Å². The lowest BCUT2D eigenvalue weighted by atomic mass is 10.2. The molecule has 0 saturated carbocycles. The number of β-amino-alcohol motifs (C(OH)–C–C–N with tert-alkyl or cyclic N) is 1. The number of hydrogen-bond acceptors (Lipinski definition) is 5. The molecule has 5 heteroatoms. The van der Waals surface area contributed by atoms with Crippen LogP contribution < -0.4 is 9.47 Å².